The van der Waals surface area contributed by atoms with E-state index in [0.29, 0.717) is 0 Å². The van der Waals surface area contributed by atoms with Crippen LogP contribution in [0.2, 0.25) is 0 Å². The van der Waals surface area contributed by atoms with Gasteiger partial charge in [0.25, 0.3) is 5.56 Å². The third-order valence-electron chi connectivity index (χ3n) is 3.90. The molecule has 6 atom stereocenters. The van der Waals surface area contributed by atoms with Crippen LogP contribution >= 0.6 is 15.6 Å². The topological polar surface area (TPSA) is 242 Å². The number of nitrogens with two attached hydrogens (primary N) is 1. The SMILES string of the molecule is COP(=O)(O)OP(=O)(O)OC[C@H]1O[C@@H](n2cnc3c(=O)[nH]c(N)nc32)[C@H](O)[C@@H]1O. The van der Waals surface area contributed by atoms with Crippen molar-refractivity contribution >= 4 is 32.8 Å². The van der Waals surface area contributed by atoms with Crippen LogP contribution in [0, 0.1) is 0 Å². The number of phosphoric ester groups is 2. The van der Waals surface area contributed by atoms with Crippen molar-refractivity contribution in [2.75, 3.05) is 19.5 Å². The maximum Gasteiger partial charge on any atom is 0.481 e. The summed E-state index contributed by atoms with van der Waals surface area (Å²) >= 11 is 0. The number of aliphatic hydroxyl groups is 2. The number of anilines is 1. The van der Waals surface area contributed by atoms with Crippen molar-refractivity contribution in [1.29, 1.82) is 0 Å². The van der Waals surface area contributed by atoms with Crippen LogP contribution in [0.1, 0.15) is 6.23 Å². The molecule has 0 aliphatic carbocycles. The molecular weight excluding hydrogens is 440 g/mol. The van der Waals surface area contributed by atoms with Gasteiger partial charge in [-0.15, -0.1) is 0 Å². The Bertz CT molecular complexity index is 1060. The molecule has 1 fully saturated rings. The molecular formula is C11H17N5O11P2. The number of nitrogens with one attached hydrogen (secondary N) is 1. The number of aromatic amines is 1. The van der Waals surface area contributed by atoms with E-state index >= 15 is 0 Å². The number of hydrogen-bond acceptors (Lipinski definition) is 12. The molecule has 0 spiro atoms. The Labute approximate surface area is 161 Å². The number of hydrogen-bond donors (Lipinski definition) is 6. The molecule has 3 heterocycles. The molecule has 2 aromatic rings. The molecule has 162 valence electrons. The molecule has 1 saturated heterocycles. The Morgan fingerprint density at radius 2 is 2.00 bits per heavy atom. The molecule has 16 nitrogen and oxygen atoms in total. The highest BCUT2D eigenvalue weighted by atomic mass is 31.3. The van der Waals surface area contributed by atoms with Crippen molar-refractivity contribution in [3.05, 3.63) is 16.7 Å². The predicted molar refractivity (Wildman–Crippen MR) is 92.2 cm³/mol. The summed E-state index contributed by atoms with van der Waals surface area (Å²) in [4.78, 5) is 40.4. The first-order valence-corrected chi connectivity index (χ1v) is 10.7. The van der Waals surface area contributed by atoms with Gasteiger partial charge < -0.3 is 30.5 Å². The minimum atomic E-state index is -5.07. The number of phosphoric acid groups is 2. The van der Waals surface area contributed by atoms with E-state index in [1.54, 1.807) is 0 Å². The highest BCUT2D eigenvalue weighted by Gasteiger charge is 2.46. The van der Waals surface area contributed by atoms with E-state index in [1.165, 1.54) is 0 Å². The third kappa shape index (κ3) is 4.57. The van der Waals surface area contributed by atoms with Crippen molar-refractivity contribution in [3.63, 3.8) is 0 Å². The molecule has 29 heavy (non-hydrogen) atoms. The first kappa shape index (κ1) is 22.0. The fraction of sp³-hybridized carbons (Fsp3) is 0.545. The van der Waals surface area contributed by atoms with Gasteiger partial charge in [0.05, 0.1) is 12.9 Å². The summed E-state index contributed by atoms with van der Waals surface area (Å²) in [5, 5.41) is 20.4. The second-order valence-electron chi connectivity index (χ2n) is 5.82. The molecule has 3 rings (SSSR count). The minimum Gasteiger partial charge on any atom is -0.387 e. The van der Waals surface area contributed by atoms with Crippen LogP contribution in [-0.2, 0) is 27.2 Å². The third-order valence-corrected chi connectivity index (χ3v) is 6.49. The standard InChI is InChI=1S/C11H17N5O11P2/c1-24-28(20,21)27-29(22,23)25-2-4-6(17)7(18)10(26-4)16-3-13-5-8(16)14-11(12)15-9(5)19/h3-4,6-7,10,17-18H,2H2,1H3,(H,20,21)(H,22,23)(H3,12,14,15,19)/t4-,6-,7-,10-/m1/s1. The number of H-pyrrole nitrogens is 1. The quantitative estimate of drug-likeness (QED) is 0.251. The van der Waals surface area contributed by atoms with Crippen molar-refractivity contribution in [1.82, 2.24) is 19.5 Å². The van der Waals surface area contributed by atoms with Crippen molar-refractivity contribution in [3.8, 4) is 0 Å². The average Bonchev–Trinajstić information content (AvgIpc) is 3.15. The number of nitrogens with zero attached hydrogens (tertiary/aromatic N) is 3. The summed E-state index contributed by atoms with van der Waals surface area (Å²) < 4.78 is 42.0. The van der Waals surface area contributed by atoms with E-state index in [0.717, 1.165) is 18.0 Å². The van der Waals surface area contributed by atoms with Crippen molar-refractivity contribution in [2.24, 2.45) is 0 Å². The number of fused-ring (bicyclic) bond motifs is 1. The Hall–Kier alpha value is -1.71. The molecule has 0 aromatic carbocycles. The zero-order valence-corrected chi connectivity index (χ0v) is 16.3. The van der Waals surface area contributed by atoms with Crippen LogP contribution < -0.4 is 11.3 Å². The van der Waals surface area contributed by atoms with Crippen LogP contribution in [-0.4, -0.2) is 71.5 Å². The summed E-state index contributed by atoms with van der Waals surface area (Å²) in [6, 6.07) is 0. The van der Waals surface area contributed by atoms with Crippen LogP contribution in [0.25, 0.3) is 11.2 Å². The van der Waals surface area contributed by atoms with Crippen LogP contribution in [0.5, 0.6) is 0 Å². The molecule has 0 radical (unpaired) electrons. The molecule has 0 saturated carbocycles. The highest BCUT2D eigenvalue weighted by Crippen LogP contribution is 2.60. The van der Waals surface area contributed by atoms with Gasteiger partial charge in [0.15, 0.2) is 17.4 Å². The fourth-order valence-electron chi connectivity index (χ4n) is 2.58. The molecule has 1 aliphatic rings. The summed E-state index contributed by atoms with van der Waals surface area (Å²) in [7, 11) is -9.12. The molecule has 2 unspecified atom stereocenters. The zero-order valence-electron chi connectivity index (χ0n) is 14.6. The predicted octanol–water partition coefficient (Wildman–Crippen LogP) is -1.80. The smallest absolute Gasteiger partial charge is 0.387 e. The van der Waals surface area contributed by atoms with Gasteiger partial charge in [-0.25, -0.2) is 14.1 Å². The largest absolute Gasteiger partial charge is 0.481 e. The maximum atomic E-state index is 11.8. The lowest BCUT2D eigenvalue weighted by molar-refractivity contribution is -0.0503. The lowest BCUT2D eigenvalue weighted by atomic mass is 10.1. The van der Waals surface area contributed by atoms with Crippen LogP contribution in [0.4, 0.5) is 5.95 Å². The van der Waals surface area contributed by atoms with Gasteiger partial charge in [0.2, 0.25) is 5.95 Å². The Morgan fingerprint density at radius 1 is 1.31 bits per heavy atom. The van der Waals surface area contributed by atoms with E-state index < -0.39 is 52.4 Å². The fourth-order valence-corrected chi connectivity index (χ4v) is 4.41. The van der Waals surface area contributed by atoms with Gasteiger partial charge in [0, 0.05) is 7.11 Å². The van der Waals surface area contributed by atoms with Crippen molar-refractivity contribution < 1.29 is 47.2 Å². The number of aromatic nitrogens is 4. The Morgan fingerprint density at radius 3 is 2.66 bits per heavy atom. The van der Waals surface area contributed by atoms with Crippen LogP contribution in [0.3, 0.4) is 0 Å². The van der Waals surface area contributed by atoms with Crippen LogP contribution in [0.15, 0.2) is 11.1 Å². The van der Waals surface area contributed by atoms with Gasteiger partial charge in [-0.1, -0.05) is 0 Å². The van der Waals surface area contributed by atoms with E-state index in [-0.39, 0.29) is 17.1 Å². The first-order chi connectivity index (χ1) is 13.4. The molecule has 0 amide bonds. The monoisotopic (exact) mass is 457 g/mol. The minimum absolute atomic E-state index is 0.0402. The van der Waals surface area contributed by atoms with E-state index in [1.807, 2.05) is 0 Å². The molecule has 18 heteroatoms. The van der Waals surface area contributed by atoms with E-state index in [9.17, 15) is 29.0 Å². The lowest BCUT2D eigenvalue weighted by Crippen LogP contribution is -2.33. The normalized spacial score (nSPS) is 29.0. The number of rotatable bonds is 7. The number of aliphatic hydroxyl groups excluding tert-OH is 2. The Balaban J connectivity index is 1.77. The number of ether oxygens (including phenoxy) is 1. The molecule has 0 bridgehead atoms. The zero-order chi connectivity index (χ0) is 21.6. The number of nitrogen functional groups attached to an aromatic ring is 1. The molecule has 1 aliphatic heterocycles. The summed E-state index contributed by atoms with van der Waals surface area (Å²) in [6.07, 6.45) is -4.74. The highest BCUT2D eigenvalue weighted by molar-refractivity contribution is 7.61. The maximum absolute atomic E-state index is 11.8. The molecule has 7 N–H and O–H groups in total. The molecule has 2 aromatic heterocycles. The van der Waals surface area contributed by atoms with Gasteiger partial charge in [-0.2, -0.15) is 9.29 Å². The second kappa shape index (κ2) is 7.85. The summed E-state index contributed by atoms with van der Waals surface area (Å²) in [5.41, 5.74) is 4.71. The van der Waals surface area contributed by atoms with Crippen molar-refractivity contribution in [2.45, 2.75) is 24.5 Å². The van der Waals surface area contributed by atoms with E-state index in [4.69, 9.17) is 15.4 Å². The number of imidazole rings is 1. The lowest BCUT2D eigenvalue weighted by Gasteiger charge is -2.18. The van der Waals surface area contributed by atoms with Gasteiger partial charge in [0.1, 0.15) is 18.3 Å². The van der Waals surface area contributed by atoms with Gasteiger partial charge in [-0.05, 0) is 0 Å². The van der Waals surface area contributed by atoms with Gasteiger partial charge in [-0.3, -0.25) is 23.4 Å². The van der Waals surface area contributed by atoms with E-state index in [2.05, 4.69) is 28.3 Å². The first-order valence-electron chi connectivity index (χ1n) is 7.75. The second-order valence-corrected chi connectivity index (χ2v) is 8.97. The van der Waals surface area contributed by atoms with Gasteiger partial charge >= 0.3 is 15.6 Å². The average molecular weight is 457 g/mol. The summed E-state index contributed by atoms with van der Waals surface area (Å²) in [6.45, 7) is -0.811. The Kier molecular flexibility index (Phi) is 5.95. The summed E-state index contributed by atoms with van der Waals surface area (Å²) in [5.74, 6) is -0.220.